The van der Waals surface area contributed by atoms with Crippen LogP contribution in [0.1, 0.15) is 16.8 Å². The summed E-state index contributed by atoms with van der Waals surface area (Å²) < 4.78 is 3.34. The topological polar surface area (TPSA) is 90.4 Å². The maximum Gasteiger partial charge on any atom is 0.339 e. The summed E-state index contributed by atoms with van der Waals surface area (Å²) in [4.78, 5) is 41.0. The zero-order valence-electron chi connectivity index (χ0n) is 14.8. The molecule has 1 amide bonds. The number of hydrogen-bond donors (Lipinski definition) is 1. The summed E-state index contributed by atoms with van der Waals surface area (Å²) >= 11 is 6.14. The molecular formula is C17H18ClN5O3. The lowest BCUT2D eigenvalue weighted by molar-refractivity contribution is -0.115. The average molecular weight is 376 g/mol. The smallest absolute Gasteiger partial charge is 0.325 e. The van der Waals surface area contributed by atoms with Crippen molar-refractivity contribution in [1.82, 2.24) is 18.5 Å². The van der Waals surface area contributed by atoms with Crippen molar-refractivity contribution < 1.29 is 4.79 Å². The molecule has 0 bridgehead atoms. The van der Waals surface area contributed by atoms with Gasteiger partial charge in [0.1, 0.15) is 0 Å². The van der Waals surface area contributed by atoms with E-state index >= 15 is 0 Å². The molecule has 9 heteroatoms. The highest BCUT2D eigenvalue weighted by molar-refractivity contribution is 6.30. The van der Waals surface area contributed by atoms with Crippen molar-refractivity contribution in [3.63, 3.8) is 0 Å². The lowest BCUT2D eigenvalue weighted by Gasteiger charge is -2.10. The van der Waals surface area contributed by atoms with Gasteiger partial charge in [0.05, 0.1) is 12.1 Å². The van der Waals surface area contributed by atoms with Gasteiger partial charge in [0.25, 0.3) is 0 Å². The molecule has 0 radical (unpaired) electrons. The third-order valence-electron chi connectivity index (χ3n) is 4.47. The van der Waals surface area contributed by atoms with Gasteiger partial charge in [-0.3, -0.25) is 9.36 Å². The molecular weight excluding hydrogens is 358 g/mol. The van der Waals surface area contributed by atoms with Crippen LogP contribution in [0, 0.1) is 13.8 Å². The van der Waals surface area contributed by atoms with Crippen LogP contribution >= 0.6 is 11.6 Å². The van der Waals surface area contributed by atoms with E-state index in [-0.39, 0.29) is 29.0 Å². The number of imidazole rings is 1. The number of rotatable bonds is 3. The van der Waals surface area contributed by atoms with Gasteiger partial charge in [-0.2, -0.15) is 4.98 Å². The number of aryl methyl sites for hydroxylation is 2. The molecule has 0 saturated heterocycles. The number of benzene rings is 1. The normalized spacial score (nSPS) is 11.1. The molecule has 2 heterocycles. The van der Waals surface area contributed by atoms with Crippen molar-refractivity contribution in [3.05, 3.63) is 61.1 Å². The maximum atomic E-state index is 12.5. The predicted molar refractivity (Wildman–Crippen MR) is 98.9 cm³/mol. The van der Waals surface area contributed by atoms with Gasteiger partial charge in [-0.15, -0.1) is 0 Å². The van der Waals surface area contributed by atoms with Crippen molar-refractivity contribution in [2.75, 3.05) is 5.32 Å². The molecule has 1 aromatic carbocycles. The number of carbonyl (C=O) groups is 1. The first-order chi connectivity index (χ1) is 12.2. The highest BCUT2D eigenvalue weighted by Gasteiger charge is 2.20. The first kappa shape index (κ1) is 17.9. The fourth-order valence-corrected chi connectivity index (χ4v) is 3.00. The van der Waals surface area contributed by atoms with Gasteiger partial charge < -0.3 is 5.32 Å². The Labute approximate surface area is 153 Å². The number of hydrogen-bond acceptors (Lipinski definition) is 4. The fourth-order valence-electron chi connectivity index (χ4n) is 2.77. The summed E-state index contributed by atoms with van der Waals surface area (Å²) in [6.07, 6.45) is -0.152. The van der Waals surface area contributed by atoms with Crippen LogP contribution in [0.5, 0.6) is 0 Å². The standard InChI is InChI=1S/C17H18ClN5O3/c1-9-6-5-7-11(10(9)2)19-13(24)8-12-14(18)20-15-21(3)16(25)22(4)17(26)23(12)15/h5-7H,8H2,1-4H3,(H,19,24). The van der Waals surface area contributed by atoms with Gasteiger partial charge in [-0.05, 0) is 31.0 Å². The molecule has 0 atom stereocenters. The van der Waals surface area contributed by atoms with Gasteiger partial charge in [0.2, 0.25) is 11.7 Å². The number of nitrogens with zero attached hydrogens (tertiary/aromatic N) is 4. The molecule has 0 spiro atoms. The SMILES string of the molecule is Cc1cccc(NC(=O)Cc2c(Cl)nc3n(C)c(=O)n(C)c(=O)n23)c1C. The van der Waals surface area contributed by atoms with Gasteiger partial charge in [-0.25, -0.2) is 18.6 Å². The molecule has 0 unspecified atom stereocenters. The third kappa shape index (κ3) is 2.82. The Balaban J connectivity index is 2.03. The zero-order valence-corrected chi connectivity index (χ0v) is 15.6. The van der Waals surface area contributed by atoms with Crippen molar-refractivity contribution in [1.29, 1.82) is 0 Å². The van der Waals surface area contributed by atoms with Gasteiger partial charge >= 0.3 is 11.4 Å². The van der Waals surface area contributed by atoms with Crippen LogP contribution in [-0.4, -0.2) is 24.4 Å². The summed E-state index contributed by atoms with van der Waals surface area (Å²) in [7, 11) is 2.85. The lowest BCUT2D eigenvalue weighted by Crippen LogP contribution is -2.41. The summed E-state index contributed by atoms with van der Waals surface area (Å²) in [6.45, 7) is 3.87. The largest absolute Gasteiger partial charge is 0.339 e. The van der Waals surface area contributed by atoms with E-state index in [1.807, 2.05) is 26.0 Å². The number of halogens is 1. The van der Waals surface area contributed by atoms with Crippen LogP contribution in [0.4, 0.5) is 5.69 Å². The Morgan fingerprint density at radius 1 is 1.15 bits per heavy atom. The maximum absolute atomic E-state index is 12.5. The number of amides is 1. The van der Waals surface area contributed by atoms with Crippen molar-refractivity contribution in [2.45, 2.75) is 20.3 Å². The molecule has 0 aliphatic rings. The quantitative estimate of drug-likeness (QED) is 0.744. The molecule has 0 aliphatic heterocycles. The zero-order chi connectivity index (χ0) is 19.2. The highest BCUT2D eigenvalue weighted by atomic mass is 35.5. The summed E-state index contributed by atoms with van der Waals surface area (Å²) in [5.74, 6) is -0.240. The van der Waals surface area contributed by atoms with E-state index < -0.39 is 11.4 Å². The monoisotopic (exact) mass is 375 g/mol. The molecule has 1 N–H and O–H groups in total. The van der Waals surface area contributed by atoms with E-state index in [0.717, 1.165) is 15.7 Å². The molecule has 0 fully saturated rings. The summed E-state index contributed by atoms with van der Waals surface area (Å²) in [5.41, 5.74) is 1.83. The van der Waals surface area contributed by atoms with Gasteiger partial charge in [-0.1, -0.05) is 23.7 Å². The molecule has 3 rings (SSSR count). The van der Waals surface area contributed by atoms with Crippen LogP contribution in [0.15, 0.2) is 27.8 Å². The highest BCUT2D eigenvalue weighted by Crippen LogP contribution is 2.20. The van der Waals surface area contributed by atoms with Crippen LogP contribution in [0.25, 0.3) is 5.78 Å². The van der Waals surface area contributed by atoms with E-state index in [9.17, 15) is 14.4 Å². The van der Waals surface area contributed by atoms with E-state index in [4.69, 9.17) is 11.6 Å². The number of nitrogens with one attached hydrogen (secondary N) is 1. The molecule has 26 heavy (non-hydrogen) atoms. The first-order valence-corrected chi connectivity index (χ1v) is 8.29. The van der Waals surface area contributed by atoms with Crippen LogP contribution < -0.4 is 16.7 Å². The number of carbonyl (C=O) groups excluding carboxylic acids is 1. The number of aromatic nitrogens is 4. The van der Waals surface area contributed by atoms with Crippen molar-refractivity contribution in [2.24, 2.45) is 14.1 Å². The van der Waals surface area contributed by atoms with E-state index in [1.54, 1.807) is 6.07 Å². The predicted octanol–water partition coefficient (Wildman–Crippen LogP) is 1.18. The second-order valence-electron chi connectivity index (χ2n) is 6.14. The fraction of sp³-hybridized carbons (Fsp3) is 0.294. The first-order valence-electron chi connectivity index (χ1n) is 7.91. The van der Waals surface area contributed by atoms with Crippen molar-refractivity contribution in [3.8, 4) is 0 Å². The molecule has 136 valence electrons. The summed E-state index contributed by atoms with van der Waals surface area (Å²) in [5, 5.41) is 2.84. The Kier molecular flexibility index (Phi) is 4.45. The minimum Gasteiger partial charge on any atom is -0.325 e. The molecule has 0 saturated carbocycles. The number of fused-ring (bicyclic) bond motifs is 1. The van der Waals surface area contributed by atoms with Gasteiger partial charge in [0, 0.05) is 19.8 Å². The molecule has 8 nitrogen and oxygen atoms in total. The minimum atomic E-state index is -0.600. The van der Waals surface area contributed by atoms with Crippen LogP contribution in [-0.2, 0) is 25.3 Å². The Morgan fingerprint density at radius 2 is 1.85 bits per heavy atom. The van der Waals surface area contributed by atoms with Crippen molar-refractivity contribution >= 4 is 29.0 Å². The van der Waals surface area contributed by atoms with E-state index in [0.29, 0.717) is 5.69 Å². The van der Waals surface area contributed by atoms with Crippen LogP contribution in [0.2, 0.25) is 5.15 Å². The van der Waals surface area contributed by atoms with Gasteiger partial charge in [0.15, 0.2) is 5.15 Å². The molecule has 2 aromatic heterocycles. The Hall–Kier alpha value is -2.87. The molecule has 3 aromatic rings. The second-order valence-corrected chi connectivity index (χ2v) is 6.50. The number of anilines is 1. The Morgan fingerprint density at radius 3 is 2.54 bits per heavy atom. The summed E-state index contributed by atoms with van der Waals surface area (Å²) in [6, 6.07) is 5.61. The molecule has 0 aliphatic carbocycles. The minimum absolute atomic E-state index is 0.0133. The van der Waals surface area contributed by atoms with E-state index in [1.165, 1.54) is 23.1 Å². The average Bonchev–Trinajstić information content (AvgIpc) is 2.92. The second kappa shape index (κ2) is 6.45. The Bertz CT molecular complexity index is 1160. The lowest BCUT2D eigenvalue weighted by atomic mass is 10.1. The third-order valence-corrected chi connectivity index (χ3v) is 4.77. The van der Waals surface area contributed by atoms with Crippen LogP contribution in [0.3, 0.4) is 0 Å². The van der Waals surface area contributed by atoms with E-state index in [2.05, 4.69) is 10.3 Å².